The summed E-state index contributed by atoms with van der Waals surface area (Å²) in [7, 11) is 5.00. The van der Waals surface area contributed by atoms with Gasteiger partial charge in [0.15, 0.2) is 0 Å². The van der Waals surface area contributed by atoms with Gasteiger partial charge in [0, 0.05) is 41.7 Å². The first-order valence-corrected chi connectivity index (χ1v) is 10.8. The molecule has 0 spiro atoms. The molecule has 4 rings (SSSR count). The third-order valence-corrected chi connectivity index (χ3v) is 6.29. The van der Waals surface area contributed by atoms with Gasteiger partial charge < -0.3 is 19.9 Å². The van der Waals surface area contributed by atoms with Crippen molar-refractivity contribution in [1.82, 2.24) is 14.9 Å². The van der Waals surface area contributed by atoms with Crippen LogP contribution in [-0.2, 0) is 19.5 Å². The lowest BCUT2D eigenvalue weighted by atomic mass is 10.1. The van der Waals surface area contributed by atoms with Crippen LogP contribution < -0.4 is 19.9 Å². The maximum absolute atomic E-state index is 6.06. The van der Waals surface area contributed by atoms with Gasteiger partial charge in [-0.2, -0.15) is 0 Å². The molecule has 0 radical (unpaired) electrons. The number of benzene rings is 2. The van der Waals surface area contributed by atoms with E-state index in [1.54, 1.807) is 33.1 Å². The summed E-state index contributed by atoms with van der Waals surface area (Å²) in [6, 6.07) is 13.9. The van der Waals surface area contributed by atoms with Crippen LogP contribution in [0, 0.1) is 0 Å². The molecule has 0 atom stereocenters. The predicted molar refractivity (Wildman–Crippen MR) is 121 cm³/mol. The van der Waals surface area contributed by atoms with Crippen LogP contribution in [0.3, 0.4) is 0 Å². The quantitative estimate of drug-likeness (QED) is 0.558. The van der Waals surface area contributed by atoms with E-state index in [1.807, 2.05) is 42.5 Å². The molecule has 1 aliphatic heterocycles. The Morgan fingerprint density at radius 3 is 2.58 bits per heavy atom. The Morgan fingerprint density at radius 1 is 1.00 bits per heavy atom. The normalized spacial score (nSPS) is 13.5. The minimum atomic E-state index is 0.299. The second-order valence-corrected chi connectivity index (χ2v) is 8.29. The van der Waals surface area contributed by atoms with Gasteiger partial charge in [-0.1, -0.05) is 23.9 Å². The van der Waals surface area contributed by atoms with Crippen LogP contribution in [0.2, 0.25) is 0 Å². The molecule has 31 heavy (non-hydrogen) atoms. The summed E-state index contributed by atoms with van der Waals surface area (Å²) in [4.78, 5) is 12.5. The van der Waals surface area contributed by atoms with Crippen molar-refractivity contribution in [3.63, 3.8) is 0 Å². The predicted octanol–water partition coefficient (Wildman–Crippen LogP) is 3.79. The van der Waals surface area contributed by atoms with Crippen molar-refractivity contribution < 1.29 is 14.2 Å². The number of fused-ring (bicyclic) bond motifs is 1. The van der Waals surface area contributed by atoms with Gasteiger partial charge in [-0.05, 0) is 30.7 Å². The third-order valence-electron chi connectivity index (χ3n) is 5.27. The summed E-state index contributed by atoms with van der Waals surface area (Å²) in [5.74, 6) is 2.72. The van der Waals surface area contributed by atoms with Crippen LogP contribution in [0.1, 0.15) is 16.8 Å². The van der Waals surface area contributed by atoms with E-state index in [4.69, 9.17) is 19.9 Å². The molecule has 0 unspecified atom stereocenters. The number of nitrogens with two attached hydrogens (primary N) is 1. The van der Waals surface area contributed by atoms with Crippen molar-refractivity contribution in [2.24, 2.45) is 0 Å². The highest BCUT2D eigenvalue weighted by molar-refractivity contribution is 7.99. The minimum Gasteiger partial charge on any atom is -0.497 e. The molecule has 0 saturated heterocycles. The van der Waals surface area contributed by atoms with Gasteiger partial charge in [0.1, 0.15) is 22.3 Å². The maximum atomic E-state index is 6.06. The lowest BCUT2D eigenvalue weighted by molar-refractivity contribution is 0.236. The molecule has 7 nitrogen and oxygen atoms in total. The molecule has 0 saturated carbocycles. The van der Waals surface area contributed by atoms with E-state index in [1.165, 1.54) is 5.56 Å². The van der Waals surface area contributed by atoms with Crippen molar-refractivity contribution in [3.8, 4) is 17.2 Å². The molecule has 162 valence electrons. The molecule has 1 aliphatic rings. The zero-order valence-electron chi connectivity index (χ0n) is 17.9. The number of nitrogen functional groups attached to an aromatic ring is 1. The van der Waals surface area contributed by atoms with Crippen LogP contribution >= 0.6 is 11.8 Å². The number of ether oxygens (including phenoxy) is 3. The van der Waals surface area contributed by atoms with Gasteiger partial charge >= 0.3 is 0 Å². The van der Waals surface area contributed by atoms with E-state index in [0.717, 1.165) is 57.9 Å². The minimum absolute atomic E-state index is 0.299. The van der Waals surface area contributed by atoms with Gasteiger partial charge in [-0.3, -0.25) is 4.90 Å². The van der Waals surface area contributed by atoms with Crippen molar-refractivity contribution in [2.75, 3.05) is 33.6 Å². The maximum Gasteiger partial charge on any atom is 0.221 e. The zero-order valence-corrected chi connectivity index (χ0v) is 18.7. The molecule has 0 aliphatic carbocycles. The molecule has 3 aromatic rings. The van der Waals surface area contributed by atoms with Gasteiger partial charge in [0.25, 0.3) is 0 Å². The van der Waals surface area contributed by atoms with E-state index < -0.39 is 0 Å². The Kier molecular flexibility index (Phi) is 6.48. The smallest absolute Gasteiger partial charge is 0.221 e. The lowest BCUT2D eigenvalue weighted by Gasteiger charge is -2.29. The number of aromatic nitrogens is 2. The molecule has 8 heteroatoms. The van der Waals surface area contributed by atoms with Crippen molar-refractivity contribution in [3.05, 3.63) is 59.3 Å². The molecular formula is C23H26N4O3S. The van der Waals surface area contributed by atoms with Crippen LogP contribution in [0.15, 0.2) is 52.4 Å². The number of anilines is 1. The Labute approximate surface area is 186 Å². The zero-order chi connectivity index (χ0) is 21.8. The lowest BCUT2D eigenvalue weighted by Crippen LogP contribution is -2.31. The first kappa shape index (κ1) is 21.3. The molecule has 0 fully saturated rings. The standard InChI is InChI=1S/C23H26N4O3S/c1-28-16-5-4-6-18(11-16)31-22-19-9-10-27(14-20(19)25-23(24)26-22)13-15-7-8-17(29-2)12-21(15)30-3/h4-8,11-12H,9-10,13-14H2,1-3H3,(H2,24,25,26). The average molecular weight is 439 g/mol. The van der Waals surface area contributed by atoms with E-state index in [2.05, 4.69) is 14.9 Å². The van der Waals surface area contributed by atoms with E-state index in [9.17, 15) is 0 Å². The molecule has 2 N–H and O–H groups in total. The molecule has 0 bridgehead atoms. The third kappa shape index (κ3) is 4.86. The van der Waals surface area contributed by atoms with E-state index >= 15 is 0 Å². The van der Waals surface area contributed by atoms with Gasteiger partial charge in [-0.15, -0.1) is 0 Å². The highest BCUT2D eigenvalue weighted by Crippen LogP contribution is 2.35. The summed E-state index contributed by atoms with van der Waals surface area (Å²) in [6.07, 6.45) is 0.861. The van der Waals surface area contributed by atoms with Crippen LogP contribution in [0.5, 0.6) is 17.2 Å². The molecule has 1 aromatic heterocycles. The van der Waals surface area contributed by atoms with Crippen LogP contribution in [-0.4, -0.2) is 42.7 Å². The van der Waals surface area contributed by atoms with Gasteiger partial charge in [0.2, 0.25) is 5.95 Å². The Hall–Kier alpha value is -2.97. The molecule has 0 amide bonds. The van der Waals surface area contributed by atoms with E-state index in [0.29, 0.717) is 12.5 Å². The summed E-state index contributed by atoms with van der Waals surface area (Å²) in [6.45, 7) is 2.37. The van der Waals surface area contributed by atoms with Gasteiger partial charge in [0.05, 0.1) is 27.0 Å². The SMILES string of the molecule is COc1cccc(Sc2nc(N)nc3c2CCN(Cc2ccc(OC)cc2OC)C3)c1. The van der Waals surface area contributed by atoms with Gasteiger partial charge in [-0.25, -0.2) is 9.97 Å². The Morgan fingerprint density at radius 2 is 1.81 bits per heavy atom. The number of rotatable bonds is 7. The fraction of sp³-hybridized carbons (Fsp3) is 0.304. The topological polar surface area (TPSA) is 82.7 Å². The number of hydrogen-bond donors (Lipinski definition) is 1. The Bertz CT molecular complexity index is 1080. The number of hydrogen-bond acceptors (Lipinski definition) is 8. The van der Waals surface area contributed by atoms with Crippen molar-refractivity contribution in [1.29, 1.82) is 0 Å². The first-order valence-electron chi connectivity index (χ1n) is 10.00. The highest BCUT2D eigenvalue weighted by Gasteiger charge is 2.23. The summed E-state index contributed by atoms with van der Waals surface area (Å²) in [5, 5.41) is 0.914. The second kappa shape index (κ2) is 9.45. The largest absolute Gasteiger partial charge is 0.497 e. The Balaban J connectivity index is 1.54. The summed E-state index contributed by atoms with van der Waals surface area (Å²) >= 11 is 1.60. The van der Waals surface area contributed by atoms with Crippen molar-refractivity contribution >= 4 is 17.7 Å². The monoisotopic (exact) mass is 438 g/mol. The van der Waals surface area contributed by atoms with E-state index in [-0.39, 0.29) is 0 Å². The number of methoxy groups -OCH3 is 3. The van der Waals surface area contributed by atoms with Crippen molar-refractivity contribution in [2.45, 2.75) is 29.4 Å². The summed E-state index contributed by atoms with van der Waals surface area (Å²) in [5.41, 5.74) is 9.32. The molecular weight excluding hydrogens is 412 g/mol. The molecule has 2 heterocycles. The summed E-state index contributed by atoms with van der Waals surface area (Å²) < 4.78 is 16.2. The average Bonchev–Trinajstić information content (AvgIpc) is 2.79. The van der Waals surface area contributed by atoms with Crippen LogP contribution in [0.25, 0.3) is 0 Å². The highest BCUT2D eigenvalue weighted by atomic mass is 32.2. The first-order chi connectivity index (χ1) is 15.1. The number of nitrogens with zero attached hydrogens (tertiary/aromatic N) is 3. The molecule has 2 aromatic carbocycles. The van der Waals surface area contributed by atoms with Crippen LogP contribution in [0.4, 0.5) is 5.95 Å². The fourth-order valence-electron chi connectivity index (χ4n) is 3.69. The second-order valence-electron chi connectivity index (χ2n) is 7.23. The fourth-order valence-corrected chi connectivity index (χ4v) is 4.71.